The second-order valence-electron chi connectivity index (χ2n) is 8.39. The van der Waals surface area contributed by atoms with E-state index in [4.69, 9.17) is 9.31 Å². The Balaban J connectivity index is 0.00000117. The van der Waals surface area contributed by atoms with E-state index in [-0.39, 0.29) is 24.2 Å². The highest BCUT2D eigenvalue weighted by Crippen LogP contribution is 2.37. The van der Waals surface area contributed by atoms with E-state index in [1.807, 2.05) is 65.8 Å². The number of benzene rings is 1. The molecule has 3 heterocycles. The minimum absolute atomic E-state index is 0.235. The van der Waals surface area contributed by atoms with E-state index in [9.17, 15) is 8.78 Å². The van der Waals surface area contributed by atoms with Crippen molar-refractivity contribution in [3.8, 4) is 11.3 Å². The monoisotopic (exact) mass is 405 g/mol. The zero-order valence-electron chi connectivity index (χ0n) is 18.0. The molecule has 0 aliphatic carbocycles. The van der Waals surface area contributed by atoms with Gasteiger partial charge in [-0.2, -0.15) is 0 Å². The zero-order chi connectivity index (χ0) is 21.4. The molecule has 0 amide bonds. The number of aromatic nitrogens is 2. The normalized spacial score (nSPS) is 24.3. The van der Waals surface area contributed by atoms with Gasteiger partial charge < -0.3 is 19.6 Å². The minimum Gasteiger partial charge on any atom is -0.399 e. The Bertz CT molecular complexity index is 821. The summed E-state index contributed by atoms with van der Waals surface area (Å²) in [5.41, 5.74) is 1.89. The number of H-pyrrole nitrogens is 1. The fourth-order valence-electron chi connectivity index (χ4n) is 3.37. The quantitative estimate of drug-likeness (QED) is 0.756. The molecule has 0 radical (unpaired) electrons. The third kappa shape index (κ3) is 4.39. The summed E-state index contributed by atoms with van der Waals surface area (Å²) in [5, 5.41) is 2.81. The molecule has 1 aromatic carbocycles. The van der Waals surface area contributed by atoms with Crippen LogP contribution in [-0.2, 0) is 9.31 Å². The summed E-state index contributed by atoms with van der Waals surface area (Å²) in [6, 6.07) is 7.38. The van der Waals surface area contributed by atoms with E-state index in [0.717, 1.165) is 16.7 Å². The van der Waals surface area contributed by atoms with Crippen LogP contribution < -0.4 is 10.8 Å². The van der Waals surface area contributed by atoms with E-state index in [0.29, 0.717) is 5.82 Å². The molecule has 1 atom stereocenters. The Kier molecular flexibility index (Phi) is 5.91. The van der Waals surface area contributed by atoms with Gasteiger partial charge in [-0.1, -0.05) is 38.1 Å². The van der Waals surface area contributed by atoms with Crippen molar-refractivity contribution in [1.82, 2.24) is 15.3 Å². The summed E-state index contributed by atoms with van der Waals surface area (Å²) < 4.78 is 38.9. The first-order valence-electron chi connectivity index (χ1n) is 10.2. The Morgan fingerprint density at radius 3 is 2.14 bits per heavy atom. The first-order valence-corrected chi connectivity index (χ1v) is 10.2. The number of aromatic amines is 1. The summed E-state index contributed by atoms with van der Waals surface area (Å²) in [5.74, 6) is -2.14. The fraction of sp³-hybridized carbons (Fsp3) is 0.571. The number of imidazole rings is 1. The second-order valence-corrected chi connectivity index (χ2v) is 8.39. The predicted octanol–water partition coefficient (Wildman–Crippen LogP) is 4.07. The lowest BCUT2D eigenvalue weighted by molar-refractivity contribution is 0.00578. The lowest BCUT2D eigenvalue weighted by atomic mass is 9.79. The van der Waals surface area contributed by atoms with Crippen LogP contribution in [0.5, 0.6) is 0 Å². The molecule has 0 bridgehead atoms. The highest BCUT2D eigenvalue weighted by atomic mass is 19.3. The van der Waals surface area contributed by atoms with Crippen LogP contribution in [0.4, 0.5) is 8.78 Å². The second kappa shape index (κ2) is 7.82. The number of nitrogens with one attached hydrogen (secondary N) is 2. The summed E-state index contributed by atoms with van der Waals surface area (Å²) in [6.07, 6.45) is 1.44. The van der Waals surface area contributed by atoms with Crippen LogP contribution in [0.2, 0.25) is 0 Å². The summed E-state index contributed by atoms with van der Waals surface area (Å²) in [4.78, 5) is 7.43. The molecule has 2 saturated heterocycles. The lowest BCUT2D eigenvalue weighted by Gasteiger charge is -2.32. The van der Waals surface area contributed by atoms with Crippen LogP contribution in [-0.4, -0.2) is 40.8 Å². The van der Waals surface area contributed by atoms with Crippen molar-refractivity contribution in [1.29, 1.82) is 0 Å². The van der Waals surface area contributed by atoms with Crippen LogP contribution in [0, 0.1) is 0 Å². The number of alkyl halides is 2. The molecule has 2 aliphatic heterocycles. The number of halogens is 2. The molecule has 158 valence electrons. The van der Waals surface area contributed by atoms with E-state index >= 15 is 0 Å². The number of hydrogen-bond acceptors (Lipinski definition) is 4. The molecule has 2 N–H and O–H groups in total. The highest BCUT2D eigenvalue weighted by molar-refractivity contribution is 6.62. The van der Waals surface area contributed by atoms with Crippen molar-refractivity contribution >= 4 is 12.6 Å². The Morgan fingerprint density at radius 2 is 1.62 bits per heavy atom. The third-order valence-electron chi connectivity index (χ3n) is 5.78. The Hall–Kier alpha value is -1.77. The molecule has 5 nitrogen and oxygen atoms in total. The van der Waals surface area contributed by atoms with Crippen LogP contribution in [0.25, 0.3) is 11.3 Å². The molecular formula is C21H30BF2N3O2. The van der Waals surface area contributed by atoms with Gasteiger partial charge in [0.2, 0.25) is 0 Å². The summed E-state index contributed by atoms with van der Waals surface area (Å²) >= 11 is 0. The van der Waals surface area contributed by atoms with E-state index in [1.165, 1.54) is 0 Å². The maximum absolute atomic E-state index is 13.4. The molecule has 8 heteroatoms. The van der Waals surface area contributed by atoms with Crippen molar-refractivity contribution in [2.75, 3.05) is 6.54 Å². The molecule has 1 unspecified atom stereocenters. The maximum atomic E-state index is 13.4. The zero-order valence-corrected chi connectivity index (χ0v) is 18.0. The highest BCUT2D eigenvalue weighted by Gasteiger charge is 2.51. The van der Waals surface area contributed by atoms with Crippen LogP contribution in [0.1, 0.15) is 59.8 Å². The number of rotatable bonds is 3. The minimum atomic E-state index is -2.68. The van der Waals surface area contributed by atoms with Crippen molar-refractivity contribution in [3.63, 3.8) is 0 Å². The van der Waals surface area contributed by atoms with Gasteiger partial charge in [-0.15, -0.1) is 0 Å². The lowest BCUT2D eigenvalue weighted by Crippen LogP contribution is -2.41. The molecule has 1 aromatic heterocycles. The fourth-order valence-corrected chi connectivity index (χ4v) is 3.37. The Labute approximate surface area is 171 Å². The summed E-state index contributed by atoms with van der Waals surface area (Å²) in [6.45, 7) is 11.8. The van der Waals surface area contributed by atoms with Gasteiger partial charge in [0.15, 0.2) is 0 Å². The van der Waals surface area contributed by atoms with Gasteiger partial charge in [-0.3, -0.25) is 0 Å². The van der Waals surface area contributed by atoms with E-state index in [1.54, 1.807) is 6.20 Å². The Morgan fingerprint density at radius 1 is 1.03 bits per heavy atom. The van der Waals surface area contributed by atoms with Gasteiger partial charge in [-0.25, -0.2) is 13.8 Å². The van der Waals surface area contributed by atoms with Gasteiger partial charge >= 0.3 is 7.12 Å². The molecule has 2 aliphatic rings. The van der Waals surface area contributed by atoms with Gasteiger partial charge in [0.05, 0.1) is 35.7 Å². The summed E-state index contributed by atoms with van der Waals surface area (Å²) in [7, 11) is -0.411. The van der Waals surface area contributed by atoms with Gasteiger partial charge in [0.25, 0.3) is 5.92 Å². The molecule has 0 spiro atoms. The van der Waals surface area contributed by atoms with Crippen molar-refractivity contribution in [2.24, 2.45) is 0 Å². The predicted molar refractivity (Wildman–Crippen MR) is 111 cm³/mol. The maximum Gasteiger partial charge on any atom is 0.494 e. The average molecular weight is 405 g/mol. The number of nitrogens with zero attached hydrogens (tertiary/aromatic N) is 1. The standard InChI is InChI=1S/C19H24BF2N3O2.C2H6/c1-17(2)18(3,4)27-20(26-17)13-7-5-12(6-8-13)15-10-23-16(25-15)14-9-19(21,22)11-24-14;1-2/h5-8,10,14,24H,9,11H2,1-4H3,(H,23,25);1-2H3. The van der Waals surface area contributed by atoms with Crippen LogP contribution in [0.15, 0.2) is 30.5 Å². The van der Waals surface area contributed by atoms with E-state index < -0.39 is 19.1 Å². The SMILES string of the molecule is CC.CC1(C)OB(c2ccc(-c3cnc(C4CC(F)(F)CN4)[nH]3)cc2)OC1(C)C. The van der Waals surface area contributed by atoms with Gasteiger partial charge in [0, 0.05) is 6.42 Å². The topological polar surface area (TPSA) is 59.2 Å². The smallest absolute Gasteiger partial charge is 0.399 e. The molecule has 4 rings (SSSR count). The molecule has 2 fully saturated rings. The van der Waals surface area contributed by atoms with Gasteiger partial charge in [-0.05, 0) is 38.7 Å². The largest absolute Gasteiger partial charge is 0.494 e. The molecule has 0 saturated carbocycles. The van der Waals surface area contributed by atoms with E-state index in [2.05, 4.69) is 15.3 Å². The number of hydrogen-bond donors (Lipinski definition) is 2. The van der Waals surface area contributed by atoms with Crippen molar-refractivity contribution in [3.05, 3.63) is 36.3 Å². The molecule has 2 aromatic rings. The molecular weight excluding hydrogens is 375 g/mol. The first kappa shape index (κ1) is 21.9. The average Bonchev–Trinajstić information content (AvgIpc) is 3.33. The van der Waals surface area contributed by atoms with Crippen molar-refractivity contribution in [2.45, 2.75) is 71.1 Å². The first-order chi connectivity index (χ1) is 13.6. The van der Waals surface area contributed by atoms with Gasteiger partial charge in [0.1, 0.15) is 5.82 Å². The molecule has 29 heavy (non-hydrogen) atoms. The van der Waals surface area contributed by atoms with Crippen LogP contribution >= 0.6 is 0 Å². The third-order valence-corrected chi connectivity index (χ3v) is 5.78. The van der Waals surface area contributed by atoms with Crippen LogP contribution in [0.3, 0.4) is 0 Å². The van der Waals surface area contributed by atoms with Crippen molar-refractivity contribution < 1.29 is 18.1 Å².